The second kappa shape index (κ2) is 6.07. The monoisotopic (exact) mass is 359 g/mol. The summed E-state index contributed by atoms with van der Waals surface area (Å²) in [6.45, 7) is 2.30. The summed E-state index contributed by atoms with van der Waals surface area (Å²) in [6, 6.07) is 3.85. The smallest absolute Gasteiger partial charge is 0.329 e. The molecule has 1 amide bonds. The van der Waals surface area contributed by atoms with Crippen LogP contribution in [0.15, 0.2) is 22.0 Å². The highest BCUT2D eigenvalue weighted by atomic mass is 79.9. The zero-order chi connectivity index (χ0) is 14.8. The highest BCUT2D eigenvalue weighted by Gasteiger charge is 2.42. The molecule has 2 rings (SSSR count). The lowest BCUT2D eigenvalue weighted by Crippen LogP contribution is -2.63. The maximum absolute atomic E-state index is 11.9. The molecule has 0 bridgehead atoms. The fourth-order valence-electron chi connectivity index (χ4n) is 1.92. The number of ether oxygens (including phenoxy) is 1. The summed E-state index contributed by atoms with van der Waals surface area (Å²) in [5.41, 5.74) is -0.548. The van der Waals surface area contributed by atoms with Gasteiger partial charge in [-0.25, -0.2) is 4.79 Å². The molecule has 5 nitrogen and oxygen atoms in total. The predicted molar refractivity (Wildman–Crippen MR) is 79.6 cm³/mol. The zero-order valence-electron chi connectivity index (χ0n) is 10.8. The molecule has 2 heterocycles. The van der Waals surface area contributed by atoms with Crippen LogP contribution in [0.1, 0.15) is 11.8 Å². The molecular weight excluding hydrogens is 346 g/mol. The number of thiophene rings is 1. The number of carboxylic acids is 1. The van der Waals surface area contributed by atoms with E-state index in [0.717, 1.165) is 8.66 Å². The molecule has 0 spiro atoms. The lowest BCUT2D eigenvalue weighted by molar-refractivity contribution is -0.170. The van der Waals surface area contributed by atoms with Gasteiger partial charge in [-0.1, -0.05) is 0 Å². The summed E-state index contributed by atoms with van der Waals surface area (Å²) in [5.74, 6) is -1.09. The fraction of sp³-hybridized carbons (Fsp3) is 0.385. The number of rotatable bonds is 5. The van der Waals surface area contributed by atoms with Crippen LogP contribution < -0.4 is 0 Å². The van der Waals surface area contributed by atoms with Gasteiger partial charge in [-0.15, -0.1) is 11.3 Å². The van der Waals surface area contributed by atoms with Gasteiger partial charge in [0.25, 0.3) is 0 Å². The van der Waals surface area contributed by atoms with Crippen LogP contribution in [0, 0.1) is 0 Å². The van der Waals surface area contributed by atoms with E-state index in [1.807, 2.05) is 12.1 Å². The van der Waals surface area contributed by atoms with Crippen molar-refractivity contribution in [1.82, 2.24) is 4.90 Å². The van der Waals surface area contributed by atoms with E-state index in [-0.39, 0.29) is 12.5 Å². The number of halogens is 1. The summed E-state index contributed by atoms with van der Waals surface area (Å²) < 4.78 is 6.27. The first-order valence-corrected chi connectivity index (χ1v) is 7.57. The zero-order valence-corrected chi connectivity index (χ0v) is 13.2. The molecule has 0 aliphatic carbocycles. The van der Waals surface area contributed by atoms with Crippen molar-refractivity contribution in [3.05, 3.63) is 26.9 Å². The standard InChI is InChI=1S/C13H14BrNO4S/c1-13(19-6-12(17)18)7-15(8-13)11(16)5-3-9-2-4-10(14)20-9/h2-5H,6-8H2,1H3,(H,17,18)/b5-3+. The number of hydrogen-bond acceptors (Lipinski definition) is 4. The summed E-state index contributed by atoms with van der Waals surface area (Å²) in [4.78, 5) is 25.0. The second-order valence-corrected chi connectivity index (χ2v) is 7.30. The molecule has 0 aromatic carbocycles. The molecule has 0 radical (unpaired) electrons. The van der Waals surface area contributed by atoms with Gasteiger partial charge in [-0.2, -0.15) is 0 Å². The number of nitrogens with zero attached hydrogens (tertiary/aromatic N) is 1. The van der Waals surface area contributed by atoms with Gasteiger partial charge in [0.05, 0.1) is 16.9 Å². The molecule has 1 aromatic rings. The van der Waals surface area contributed by atoms with E-state index in [2.05, 4.69) is 15.9 Å². The van der Waals surface area contributed by atoms with Crippen LogP contribution in [0.25, 0.3) is 6.08 Å². The highest BCUT2D eigenvalue weighted by Crippen LogP contribution is 2.26. The summed E-state index contributed by atoms with van der Waals surface area (Å²) in [7, 11) is 0. The second-order valence-electron chi connectivity index (χ2n) is 4.80. The Labute approximate surface area is 129 Å². The normalized spacial score (nSPS) is 17.2. The lowest BCUT2D eigenvalue weighted by Gasteiger charge is -2.46. The third kappa shape index (κ3) is 3.91. The van der Waals surface area contributed by atoms with Crippen molar-refractivity contribution < 1.29 is 19.4 Å². The Hall–Kier alpha value is -1.18. The molecule has 1 N–H and O–H groups in total. The van der Waals surface area contributed by atoms with Gasteiger partial charge < -0.3 is 14.7 Å². The van der Waals surface area contributed by atoms with Crippen LogP contribution in [0.4, 0.5) is 0 Å². The number of amides is 1. The number of carbonyl (C=O) groups is 2. The van der Waals surface area contributed by atoms with Crippen LogP contribution in [0.5, 0.6) is 0 Å². The molecule has 0 saturated carbocycles. The maximum Gasteiger partial charge on any atom is 0.329 e. The quantitative estimate of drug-likeness (QED) is 0.818. The van der Waals surface area contributed by atoms with Crippen LogP contribution in [-0.2, 0) is 14.3 Å². The van der Waals surface area contributed by atoms with Gasteiger partial charge in [0.1, 0.15) is 12.2 Å². The minimum Gasteiger partial charge on any atom is -0.480 e. The van der Waals surface area contributed by atoms with E-state index in [9.17, 15) is 9.59 Å². The molecule has 0 unspecified atom stereocenters. The van der Waals surface area contributed by atoms with E-state index in [4.69, 9.17) is 9.84 Å². The van der Waals surface area contributed by atoms with Crippen LogP contribution in [0.3, 0.4) is 0 Å². The molecule has 1 aliphatic rings. The molecule has 0 atom stereocenters. The number of aliphatic carboxylic acids is 1. The first-order valence-electron chi connectivity index (χ1n) is 5.96. The Morgan fingerprint density at radius 2 is 2.25 bits per heavy atom. The minimum absolute atomic E-state index is 0.0917. The molecule has 1 aliphatic heterocycles. The molecule has 7 heteroatoms. The summed E-state index contributed by atoms with van der Waals surface area (Å²) in [6.07, 6.45) is 3.29. The van der Waals surface area contributed by atoms with Crippen molar-refractivity contribution in [3.63, 3.8) is 0 Å². The van der Waals surface area contributed by atoms with Gasteiger partial charge in [0.2, 0.25) is 5.91 Å². The van der Waals surface area contributed by atoms with E-state index in [1.54, 1.807) is 29.2 Å². The lowest BCUT2D eigenvalue weighted by atomic mass is 9.96. The van der Waals surface area contributed by atoms with E-state index in [1.165, 1.54) is 6.08 Å². The van der Waals surface area contributed by atoms with Crippen LogP contribution in [0.2, 0.25) is 0 Å². The number of carbonyl (C=O) groups excluding carboxylic acids is 1. The maximum atomic E-state index is 11.9. The van der Waals surface area contributed by atoms with Gasteiger partial charge in [0, 0.05) is 11.0 Å². The highest BCUT2D eigenvalue weighted by molar-refractivity contribution is 9.11. The van der Waals surface area contributed by atoms with Crippen molar-refractivity contribution in [1.29, 1.82) is 0 Å². The van der Waals surface area contributed by atoms with Crippen molar-refractivity contribution >= 4 is 45.2 Å². The third-order valence-electron chi connectivity index (χ3n) is 2.89. The Morgan fingerprint density at radius 3 is 2.80 bits per heavy atom. The van der Waals surface area contributed by atoms with Crippen LogP contribution >= 0.6 is 27.3 Å². The third-order valence-corrected chi connectivity index (χ3v) is 4.48. The molecule has 1 aromatic heterocycles. The van der Waals surface area contributed by atoms with E-state index in [0.29, 0.717) is 13.1 Å². The van der Waals surface area contributed by atoms with Crippen molar-refractivity contribution in [2.24, 2.45) is 0 Å². The van der Waals surface area contributed by atoms with Gasteiger partial charge in [-0.3, -0.25) is 4.79 Å². The molecule has 1 saturated heterocycles. The Bertz CT molecular complexity index is 548. The Morgan fingerprint density at radius 1 is 1.55 bits per heavy atom. The van der Waals surface area contributed by atoms with Gasteiger partial charge in [-0.05, 0) is 41.1 Å². The van der Waals surface area contributed by atoms with Gasteiger partial charge >= 0.3 is 5.97 Å². The average molecular weight is 360 g/mol. The number of hydrogen-bond donors (Lipinski definition) is 1. The van der Waals surface area contributed by atoms with E-state index < -0.39 is 11.6 Å². The van der Waals surface area contributed by atoms with Crippen LogP contribution in [-0.4, -0.2) is 47.2 Å². The number of carboxylic acid groups (broad SMARTS) is 1. The molecule has 1 fully saturated rings. The molecule has 108 valence electrons. The Kier molecular flexibility index (Phi) is 4.62. The summed E-state index contributed by atoms with van der Waals surface area (Å²) >= 11 is 4.91. The molecule has 20 heavy (non-hydrogen) atoms. The first kappa shape index (κ1) is 15.2. The largest absolute Gasteiger partial charge is 0.480 e. The predicted octanol–water partition coefficient (Wildman–Crippen LogP) is 2.23. The van der Waals surface area contributed by atoms with Gasteiger partial charge in [0.15, 0.2) is 0 Å². The first-order chi connectivity index (χ1) is 9.38. The minimum atomic E-state index is -1.00. The van der Waals surface area contributed by atoms with Crippen molar-refractivity contribution in [2.45, 2.75) is 12.5 Å². The Balaban J connectivity index is 1.81. The number of likely N-dealkylation sites (tertiary alicyclic amines) is 1. The fourth-order valence-corrected chi connectivity index (χ4v) is 3.25. The summed E-state index contributed by atoms with van der Waals surface area (Å²) in [5, 5.41) is 8.56. The van der Waals surface area contributed by atoms with Crippen molar-refractivity contribution in [2.75, 3.05) is 19.7 Å². The average Bonchev–Trinajstić information content (AvgIpc) is 2.76. The SMILES string of the molecule is CC1(OCC(=O)O)CN(C(=O)/C=C/c2ccc(Br)s2)C1. The van der Waals surface area contributed by atoms with E-state index >= 15 is 0 Å². The molecular formula is C13H14BrNO4S. The topological polar surface area (TPSA) is 66.8 Å². The van der Waals surface area contributed by atoms with Crippen molar-refractivity contribution in [3.8, 4) is 0 Å².